The van der Waals surface area contributed by atoms with Gasteiger partial charge < -0.3 is 10.1 Å². The number of rotatable bonds is 3. The van der Waals surface area contributed by atoms with E-state index in [0.29, 0.717) is 0 Å². The van der Waals surface area contributed by atoms with Crippen LogP contribution < -0.4 is 4.72 Å². The third kappa shape index (κ3) is 4.73. The third-order valence-corrected chi connectivity index (χ3v) is 1.03. The van der Waals surface area contributed by atoms with E-state index in [1.54, 1.807) is 0 Å². The van der Waals surface area contributed by atoms with Crippen LogP contribution in [0.25, 0.3) is 0 Å². The molecule has 10 heteroatoms. The van der Waals surface area contributed by atoms with E-state index in [1.807, 2.05) is 0 Å². The van der Waals surface area contributed by atoms with Gasteiger partial charge in [-0.3, -0.25) is 0 Å². The van der Waals surface area contributed by atoms with Crippen LogP contribution in [-0.4, -0.2) is 13.5 Å². The van der Waals surface area contributed by atoms with Crippen molar-refractivity contribution in [3.63, 3.8) is 0 Å². The van der Waals surface area contributed by atoms with Crippen molar-refractivity contribution >= 4 is 10.2 Å². The van der Waals surface area contributed by atoms with Gasteiger partial charge in [-0.1, -0.05) is 0 Å². The molecule has 0 saturated heterocycles. The monoisotopic (exact) mass is 179 g/mol. The van der Waals surface area contributed by atoms with E-state index < -0.39 is 15.2 Å². The number of nitrogens with one attached hydrogen (secondary N) is 1. The summed E-state index contributed by atoms with van der Waals surface area (Å²) in [4.78, 5) is 9.42. The van der Waals surface area contributed by atoms with Crippen molar-refractivity contribution in [1.29, 1.82) is 5.26 Å². The average molecular weight is 179 g/mol. The fourth-order valence-corrected chi connectivity index (χ4v) is 0.468. The second-order valence-electron chi connectivity index (χ2n) is 1.10. The van der Waals surface area contributed by atoms with Crippen molar-refractivity contribution in [2.45, 2.75) is 0 Å². The molecule has 60 valence electrons. The lowest BCUT2D eigenvalue weighted by Gasteiger charge is -1.80. The largest absolute Gasteiger partial charge is 0.467 e. The van der Waals surface area contributed by atoms with Gasteiger partial charge in [-0.15, -0.1) is 0 Å². The molecule has 0 aromatic heterocycles. The molecule has 0 aliphatic heterocycles. The summed E-state index contributed by atoms with van der Waals surface area (Å²) in [6.45, 7) is 0. The summed E-state index contributed by atoms with van der Waals surface area (Å²) in [7, 11) is -4.32. The average Bonchev–Trinajstić information content (AvgIpc) is 1.84. The van der Waals surface area contributed by atoms with E-state index in [-0.39, 0.29) is 0 Å². The van der Waals surface area contributed by atoms with Gasteiger partial charge in [-0.2, -0.15) is 18.4 Å². The molecule has 0 fully saturated rings. The predicted molar refractivity (Wildman–Crippen MR) is 29.5 cm³/mol. The Morgan fingerprint density at radius 3 is 2.55 bits per heavy atom. The van der Waals surface area contributed by atoms with Crippen molar-refractivity contribution < 1.29 is 13.5 Å². The maximum Gasteiger partial charge on any atom is 0.467 e. The molecule has 0 aromatic rings. The zero-order valence-electron chi connectivity index (χ0n) is 4.83. The summed E-state index contributed by atoms with van der Waals surface area (Å²) in [6, 6.07) is 0. The number of nitrogens with zero attached hydrogens (tertiary/aromatic N) is 4. The first-order valence-corrected chi connectivity index (χ1v) is 3.40. The molecular formula is CHN5O4S. The van der Waals surface area contributed by atoms with E-state index in [0.717, 1.165) is 6.19 Å². The molecule has 0 unspecified atom stereocenters. The number of nitro groups is 1. The minimum Gasteiger partial charge on any atom is -0.337 e. The maximum atomic E-state index is 10.2. The smallest absolute Gasteiger partial charge is 0.337 e. The fraction of sp³-hybridized carbons (Fsp3) is 0. The van der Waals surface area contributed by atoms with Gasteiger partial charge in [-0.05, 0) is 0 Å². The summed E-state index contributed by atoms with van der Waals surface area (Å²) in [5, 5.41) is 17.9. The first-order chi connectivity index (χ1) is 4.98. The Labute approximate surface area is 60.6 Å². The lowest BCUT2D eigenvalue weighted by atomic mass is 11.5. The SMILES string of the molecule is N#CNS(=O)(=O)N=N[N+](=O)[O-]. The second-order valence-corrected chi connectivity index (χ2v) is 2.42. The molecule has 0 saturated carbocycles. The van der Waals surface area contributed by atoms with Crippen LogP contribution in [-0.2, 0) is 10.2 Å². The third-order valence-electron chi connectivity index (χ3n) is 0.392. The number of hydrogen-bond donors (Lipinski definition) is 1. The highest BCUT2D eigenvalue weighted by Gasteiger charge is 2.13. The van der Waals surface area contributed by atoms with E-state index in [4.69, 9.17) is 5.26 Å². The lowest BCUT2D eigenvalue weighted by Crippen LogP contribution is -2.14. The molecule has 1 N–H and O–H groups in total. The van der Waals surface area contributed by atoms with Gasteiger partial charge in [0, 0.05) is 0 Å². The van der Waals surface area contributed by atoms with Crippen molar-refractivity contribution in [2.24, 2.45) is 9.74 Å². The molecule has 0 aliphatic rings. The summed E-state index contributed by atoms with van der Waals surface area (Å²) in [6.07, 6.45) is 1.02. The van der Waals surface area contributed by atoms with Crippen LogP contribution in [0.2, 0.25) is 0 Å². The van der Waals surface area contributed by atoms with E-state index in [2.05, 4.69) is 9.74 Å². The van der Waals surface area contributed by atoms with Crippen LogP contribution in [0.4, 0.5) is 0 Å². The first kappa shape index (κ1) is 9.24. The molecular weight excluding hydrogens is 178 g/mol. The van der Waals surface area contributed by atoms with E-state index in [1.165, 1.54) is 4.72 Å². The molecule has 0 rings (SSSR count). The van der Waals surface area contributed by atoms with Crippen molar-refractivity contribution in [3.05, 3.63) is 10.1 Å². The van der Waals surface area contributed by atoms with Crippen LogP contribution >= 0.6 is 0 Å². The van der Waals surface area contributed by atoms with Crippen LogP contribution in [0.5, 0.6) is 0 Å². The highest BCUT2D eigenvalue weighted by molar-refractivity contribution is 7.88. The molecule has 0 bridgehead atoms. The maximum absolute atomic E-state index is 10.2. The normalized spacial score (nSPS) is 10.8. The molecule has 9 nitrogen and oxygen atoms in total. The molecule has 0 atom stereocenters. The first-order valence-electron chi connectivity index (χ1n) is 1.96. The molecule has 11 heavy (non-hydrogen) atoms. The molecule has 0 aliphatic carbocycles. The predicted octanol–water partition coefficient (Wildman–Crippen LogP) is -1.05. The summed E-state index contributed by atoms with van der Waals surface area (Å²) in [5.74, 6) is 0. The Morgan fingerprint density at radius 1 is 1.64 bits per heavy atom. The van der Waals surface area contributed by atoms with E-state index >= 15 is 0 Å². The lowest BCUT2D eigenvalue weighted by molar-refractivity contribution is -0.493. The Morgan fingerprint density at radius 2 is 2.18 bits per heavy atom. The van der Waals surface area contributed by atoms with Crippen LogP contribution in [0, 0.1) is 21.6 Å². The summed E-state index contributed by atoms with van der Waals surface area (Å²) < 4.78 is 23.9. The molecule has 0 spiro atoms. The highest BCUT2D eigenvalue weighted by Crippen LogP contribution is 1.86. The van der Waals surface area contributed by atoms with Crippen molar-refractivity contribution in [3.8, 4) is 6.19 Å². The second kappa shape index (κ2) is 3.42. The Bertz CT molecular complexity index is 308. The van der Waals surface area contributed by atoms with Crippen molar-refractivity contribution in [2.75, 3.05) is 0 Å². The quantitative estimate of drug-likeness (QED) is 0.193. The molecule has 0 amide bonds. The summed E-state index contributed by atoms with van der Waals surface area (Å²) in [5.41, 5.74) is 0. The topological polar surface area (TPSA) is 138 Å². The zero-order valence-corrected chi connectivity index (χ0v) is 5.65. The van der Waals surface area contributed by atoms with Crippen LogP contribution in [0.1, 0.15) is 0 Å². The van der Waals surface area contributed by atoms with Crippen molar-refractivity contribution in [1.82, 2.24) is 4.72 Å². The number of hydrogen-bond acceptors (Lipinski definition) is 5. The Balaban J connectivity index is 4.40. The van der Waals surface area contributed by atoms with Gasteiger partial charge >= 0.3 is 10.2 Å². The van der Waals surface area contributed by atoms with Gasteiger partial charge in [0.25, 0.3) is 0 Å². The fourth-order valence-electron chi connectivity index (χ4n) is 0.156. The zero-order chi connectivity index (χ0) is 8.91. The minimum atomic E-state index is -4.32. The molecule has 0 aromatic carbocycles. The molecule has 0 radical (unpaired) electrons. The van der Waals surface area contributed by atoms with Crippen LogP contribution in [0.3, 0.4) is 0 Å². The highest BCUT2D eigenvalue weighted by atomic mass is 32.2. The standard InChI is InChI=1S/CHN5O4S/c2-1-3-11(9,10)5-4-6(7)8/h3H. The molecule has 0 heterocycles. The Kier molecular flexibility index (Phi) is 2.87. The summed E-state index contributed by atoms with van der Waals surface area (Å²) >= 11 is 0. The minimum absolute atomic E-state index is 1.02. The van der Waals surface area contributed by atoms with Gasteiger partial charge in [0.05, 0.1) is 5.03 Å². The van der Waals surface area contributed by atoms with E-state index in [9.17, 15) is 18.5 Å². The Hall–Kier alpha value is -1.76. The number of nitriles is 1. The van der Waals surface area contributed by atoms with Gasteiger partial charge in [-0.25, -0.2) is 0 Å². The van der Waals surface area contributed by atoms with Gasteiger partial charge in [0.15, 0.2) is 15.9 Å². The van der Waals surface area contributed by atoms with Gasteiger partial charge in [0.2, 0.25) is 0 Å². The van der Waals surface area contributed by atoms with Gasteiger partial charge in [0.1, 0.15) is 0 Å². The van der Waals surface area contributed by atoms with Crippen LogP contribution in [0.15, 0.2) is 9.74 Å².